The number of ether oxygens (including phenoxy) is 1. The molecule has 1 aliphatic heterocycles. The maximum atomic E-state index is 12.7. The lowest BCUT2D eigenvalue weighted by Crippen LogP contribution is -2.36. The maximum absolute atomic E-state index is 12.7. The zero-order valence-corrected chi connectivity index (χ0v) is 17.9. The van der Waals surface area contributed by atoms with Crippen molar-refractivity contribution in [2.75, 3.05) is 24.1 Å². The van der Waals surface area contributed by atoms with Crippen molar-refractivity contribution in [2.45, 2.75) is 24.8 Å². The van der Waals surface area contributed by atoms with E-state index in [2.05, 4.69) is 4.72 Å². The van der Waals surface area contributed by atoms with Crippen molar-refractivity contribution < 1.29 is 21.6 Å². The highest BCUT2D eigenvalue weighted by Gasteiger charge is 2.26. The number of hydrogen-bond acceptors (Lipinski definition) is 5. The van der Waals surface area contributed by atoms with E-state index in [1.807, 2.05) is 6.07 Å². The van der Waals surface area contributed by atoms with Crippen molar-refractivity contribution in [2.24, 2.45) is 0 Å². The molecule has 152 valence electrons. The molecule has 1 N–H and O–H groups in total. The number of hydrogen-bond donors (Lipinski definition) is 1. The topological polar surface area (TPSA) is 92.8 Å². The van der Waals surface area contributed by atoms with Crippen molar-refractivity contribution in [3.8, 4) is 5.75 Å². The van der Waals surface area contributed by atoms with Crippen molar-refractivity contribution in [3.05, 3.63) is 52.5 Å². The van der Waals surface area contributed by atoms with Gasteiger partial charge in [-0.1, -0.05) is 17.7 Å². The third-order valence-electron chi connectivity index (χ3n) is 4.63. The molecule has 0 aromatic heterocycles. The van der Waals surface area contributed by atoms with Gasteiger partial charge in [0, 0.05) is 18.8 Å². The van der Waals surface area contributed by atoms with Crippen LogP contribution < -0.4 is 9.46 Å². The van der Waals surface area contributed by atoms with Crippen LogP contribution in [0.4, 0.5) is 5.69 Å². The standard InChI is InChI=1S/C18H21ClN2O5S2/c1-3-27(22,23)21-9-8-13-4-5-15(10-14(13)12-21)20-28(24,25)16-6-7-18(26-2)17(19)11-16/h4-7,10-11,20H,3,8-9,12H2,1-2H3. The van der Waals surface area contributed by atoms with E-state index in [0.717, 1.165) is 11.1 Å². The van der Waals surface area contributed by atoms with Crippen LogP contribution >= 0.6 is 11.6 Å². The summed E-state index contributed by atoms with van der Waals surface area (Å²) in [5.41, 5.74) is 2.16. The second kappa shape index (κ2) is 7.90. The third-order valence-corrected chi connectivity index (χ3v) is 8.13. The van der Waals surface area contributed by atoms with Crippen molar-refractivity contribution in [1.29, 1.82) is 0 Å². The Morgan fingerprint density at radius 1 is 1.11 bits per heavy atom. The molecular weight excluding hydrogens is 424 g/mol. The van der Waals surface area contributed by atoms with Gasteiger partial charge in [0.15, 0.2) is 0 Å². The molecule has 0 atom stereocenters. The molecule has 2 aromatic rings. The van der Waals surface area contributed by atoms with E-state index >= 15 is 0 Å². The molecule has 10 heteroatoms. The average Bonchev–Trinajstić information content (AvgIpc) is 2.67. The van der Waals surface area contributed by atoms with E-state index in [1.54, 1.807) is 19.1 Å². The van der Waals surface area contributed by atoms with Crippen LogP contribution in [0.25, 0.3) is 0 Å². The van der Waals surface area contributed by atoms with Gasteiger partial charge >= 0.3 is 0 Å². The van der Waals surface area contributed by atoms with Gasteiger partial charge < -0.3 is 4.74 Å². The Kier molecular flexibility index (Phi) is 5.90. The van der Waals surface area contributed by atoms with Crippen LogP contribution in [0, 0.1) is 0 Å². The van der Waals surface area contributed by atoms with Gasteiger partial charge in [-0.3, -0.25) is 4.72 Å². The Morgan fingerprint density at radius 2 is 1.86 bits per heavy atom. The van der Waals surface area contributed by atoms with Crippen molar-refractivity contribution >= 4 is 37.3 Å². The van der Waals surface area contributed by atoms with Gasteiger partial charge in [0.05, 0.1) is 22.8 Å². The second-order valence-electron chi connectivity index (χ2n) is 6.37. The van der Waals surface area contributed by atoms with E-state index in [1.165, 1.54) is 29.6 Å². The maximum Gasteiger partial charge on any atom is 0.261 e. The van der Waals surface area contributed by atoms with E-state index in [4.69, 9.17) is 16.3 Å². The number of sulfonamides is 2. The fourth-order valence-electron chi connectivity index (χ4n) is 3.04. The first-order chi connectivity index (χ1) is 13.2. The molecule has 0 radical (unpaired) electrons. The van der Waals surface area contributed by atoms with Gasteiger partial charge in [-0.05, 0) is 54.8 Å². The molecular formula is C18H21ClN2O5S2. The van der Waals surface area contributed by atoms with Crippen LogP contribution in [0.5, 0.6) is 5.75 Å². The monoisotopic (exact) mass is 444 g/mol. The average molecular weight is 445 g/mol. The lowest BCUT2D eigenvalue weighted by Gasteiger charge is -2.28. The SMILES string of the molecule is CCS(=O)(=O)N1CCc2ccc(NS(=O)(=O)c3ccc(OC)c(Cl)c3)cc2C1. The van der Waals surface area contributed by atoms with Crippen LogP contribution in [0.3, 0.4) is 0 Å². The van der Waals surface area contributed by atoms with E-state index < -0.39 is 20.0 Å². The summed E-state index contributed by atoms with van der Waals surface area (Å²) >= 11 is 6.03. The molecule has 0 aliphatic carbocycles. The first-order valence-electron chi connectivity index (χ1n) is 8.62. The number of nitrogens with one attached hydrogen (secondary N) is 1. The van der Waals surface area contributed by atoms with Gasteiger partial charge in [0.25, 0.3) is 10.0 Å². The van der Waals surface area contributed by atoms with E-state index in [-0.39, 0.29) is 22.2 Å². The molecule has 0 saturated carbocycles. The molecule has 0 spiro atoms. The normalized spacial score (nSPS) is 15.1. The Hall–Kier alpha value is -1.81. The van der Waals surface area contributed by atoms with Crippen LogP contribution in [0.15, 0.2) is 41.3 Å². The zero-order chi connectivity index (χ0) is 20.5. The number of halogens is 1. The third kappa shape index (κ3) is 4.27. The summed E-state index contributed by atoms with van der Waals surface area (Å²) in [5, 5.41) is 0.191. The Balaban J connectivity index is 1.86. The lowest BCUT2D eigenvalue weighted by atomic mass is 10.0. The quantitative estimate of drug-likeness (QED) is 0.739. The predicted octanol–water partition coefficient (Wildman–Crippen LogP) is 2.86. The van der Waals surface area contributed by atoms with Crippen LogP contribution in [-0.2, 0) is 33.0 Å². The zero-order valence-electron chi connectivity index (χ0n) is 15.5. The summed E-state index contributed by atoms with van der Waals surface area (Å²) in [7, 11) is -5.71. The summed E-state index contributed by atoms with van der Waals surface area (Å²) in [6.45, 7) is 2.27. The smallest absolute Gasteiger partial charge is 0.261 e. The minimum atomic E-state index is -3.86. The first kappa shape index (κ1) is 20.9. The van der Waals surface area contributed by atoms with E-state index in [9.17, 15) is 16.8 Å². The summed E-state index contributed by atoms with van der Waals surface area (Å²) in [6.07, 6.45) is 0.593. The Bertz CT molecular complexity index is 1100. The number of nitrogens with zero attached hydrogens (tertiary/aromatic N) is 1. The first-order valence-corrected chi connectivity index (χ1v) is 12.1. The molecule has 0 fully saturated rings. The number of anilines is 1. The molecule has 0 amide bonds. The Labute approximate surface area is 170 Å². The highest BCUT2D eigenvalue weighted by Crippen LogP contribution is 2.29. The second-order valence-corrected chi connectivity index (χ2v) is 10.7. The molecule has 0 unspecified atom stereocenters. The lowest BCUT2D eigenvalue weighted by molar-refractivity contribution is 0.392. The van der Waals surface area contributed by atoms with Crippen molar-refractivity contribution in [1.82, 2.24) is 4.31 Å². The number of rotatable bonds is 6. The van der Waals surface area contributed by atoms with E-state index in [0.29, 0.717) is 24.4 Å². The van der Waals surface area contributed by atoms with Gasteiger partial charge in [0.2, 0.25) is 10.0 Å². The fourth-order valence-corrected chi connectivity index (χ4v) is 5.51. The molecule has 28 heavy (non-hydrogen) atoms. The Morgan fingerprint density at radius 3 is 2.50 bits per heavy atom. The van der Waals surface area contributed by atoms with Gasteiger partial charge in [-0.2, -0.15) is 4.31 Å². The summed E-state index contributed by atoms with van der Waals surface area (Å²) in [5.74, 6) is 0.416. The van der Waals surface area contributed by atoms with Gasteiger partial charge in [0.1, 0.15) is 5.75 Å². The molecule has 1 heterocycles. The highest BCUT2D eigenvalue weighted by atomic mass is 35.5. The molecule has 3 rings (SSSR count). The molecule has 7 nitrogen and oxygen atoms in total. The summed E-state index contributed by atoms with van der Waals surface area (Å²) < 4.78 is 58.6. The highest BCUT2D eigenvalue weighted by molar-refractivity contribution is 7.92. The van der Waals surface area contributed by atoms with Crippen LogP contribution in [-0.4, -0.2) is 40.5 Å². The number of fused-ring (bicyclic) bond motifs is 1. The molecule has 1 aliphatic rings. The molecule has 2 aromatic carbocycles. The van der Waals surface area contributed by atoms with Crippen LogP contribution in [0.1, 0.15) is 18.1 Å². The minimum absolute atomic E-state index is 0.00575. The fraction of sp³-hybridized carbons (Fsp3) is 0.333. The van der Waals surface area contributed by atoms with Gasteiger partial charge in [-0.25, -0.2) is 16.8 Å². The summed E-state index contributed by atoms with van der Waals surface area (Å²) in [6, 6.07) is 9.37. The number of benzene rings is 2. The number of methoxy groups -OCH3 is 1. The van der Waals surface area contributed by atoms with Gasteiger partial charge in [-0.15, -0.1) is 0 Å². The largest absolute Gasteiger partial charge is 0.495 e. The summed E-state index contributed by atoms with van der Waals surface area (Å²) in [4.78, 5) is 0.00575. The predicted molar refractivity (Wildman–Crippen MR) is 109 cm³/mol. The molecule has 0 saturated heterocycles. The molecule has 0 bridgehead atoms. The minimum Gasteiger partial charge on any atom is -0.495 e. The van der Waals surface area contributed by atoms with Crippen molar-refractivity contribution in [3.63, 3.8) is 0 Å². The van der Waals surface area contributed by atoms with Crippen LogP contribution in [0.2, 0.25) is 5.02 Å².